The summed E-state index contributed by atoms with van der Waals surface area (Å²) in [5.74, 6) is -0.245. The molecule has 1 aromatic rings. The first-order valence-corrected chi connectivity index (χ1v) is 3.99. The number of halogens is 1. The molecule has 0 aromatic heterocycles. The smallest absolute Gasteiger partial charge is 0.123 e. The summed E-state index contributed by atoms with van der Waals surface area (Å²) in [6.45, 7) is 1.18. The summed E-state index contributed by atoms with van der Waals surface area (Å²) < 4.78 is 17.4. The summed E-state index contributed by atoms with van der Waals surface area (Å²) in [5.41, 5.74) is 4.57. The molecule has 2 rings (SSSR count). The van der Waals surface area contributed by atoms with Crippen molar-refractivity contribution < 1.29 is 9.13 Å². The number of hydrazone groups is 1. The lowest BCUT2D eigenvalue weighted by Crippen LogP contribution is -2.28. The Labute approximate surface area is 75.2 Å². The van der Waals surface area contributed by atoms with E-state index in [1.807, 2.05) is 0 Å². The summed E-state index contributed by atoms with van der Waals surface area (Å²) in [6, 6.07) is 6.05. The molecule has 1 aliphatic heterocycles. The lowest BCUT2D eigenvalue weighted by Gasteiger charge is -2.15. The minimum Gasteiger partial charge on any atom is -0.369 e. The maximum Gasteiger partial charge on any atom is 0.123 e. The van der Waals surface area contributed by atoms with E-state index in [9.17, 15) is 4.39 Å². The first-order valence-electron chi connectivity index (χ1n) is 3.99. The third-order valence-electron chi connectivity index (χ3n) is 1.72. The van der Waals surface area contributed by atoms with Crippen LogP contribution in [0.15, 0.2) is 29.4 Å². The highest BCUT2D eigenvalue weighted by atomic mass is 19.1. The van der Waals surface area contributed by atoms with Crippen LogP contribution in [0.25, 0.3) is 0 Å². The quantitative estimate of drug-likeness (QED) is 0.701. The van der Waals surface area contributed by atoms with Crippen molar-refractivity contribution >= 4 is 11.4 Å². The summed E-state index contributed by atoms with van der Waals surface area (Å²) in [4.78, 5) is 0. The van der Waals surface area contributed by atoms with Crippen molar-refractivity contribution in [3.05, 3.63) is 30.1 Å². The minimum atomic E-state index is -0.245. The van der Waals surface area contributed by atoms with E-state index in [0.717, 1.165) is 11.4 Å². The van der Waals surface area contributed by atoms with E-state index in [-0.39, 0.29) is 5.82 Å². The molecular formula is C9H9FN2O. The van der Waals surface area contributed by atoms with Gasteiger partial charge >= 0.3 is 0 Å². The van der Waals surface area contributed by atoms with Crippen LogP contribution in [0.4, 0.5) is 10.1 Å². The van der Waals surface area contributed by atoms with E-state index in [2.05, 4.69) is 10.5 Å². The Morgan fingerprint density at radius 3 is 2.46 bits per heavy atom. The third kappa shape index (κ3) is 2.03. The molecule has 1 heterocycles. The molecule has 0 aliphatic carbocycles. The Morgan fingerprint density at radius 1 is 1.23 bits per heavy atom. The highest BCUT2D eigenvalue weighted by Gasteiger charge is 2.09. The van der Waals surface area contributed by atoms with Gasteiger partial charge in [-0.15, -0.1) is 0 Å². The van der Waals surface area contributed by atoms with Crippen molar-refractivity contribution in [2.75, 3.05) is 18.6 Å². The van der Waals surface area contributed by atoms with Gasteiger partial charge < -0.3 is 4.74 Å². The van der Waals surface area contributed by atoms with E-state index >= 15 is 0 Å². The van der Waals surface area contributed by atoms with Crippen LogP contribution in [-0.2, 0) is 4.74 Å². The molecule has 3 nitrogen and oxygen atoms in total. The minimum absolute atomic E-state index is 0.245. The second-order valence-electron chi connectivity index (χ2n) is 2.79. The van der Waals surface area contributed by atoms with E-state index in [1.165, 1.54) is 12.1 Å². The molecule has 1 aliphatic rings. The number of benzene rings is 1. The van der Waals surface area contributed by atoms with Crippen molar-refractivity contribution in [2.24, 2.45) is 5.10 Å². The second-order valence-corrected chi connectivity index (χ2v) is 2.79. The van der Waals surface area contributed by atoms with Crippen molar-refractivity contribution in [1.29, 1.82) is 0 Å². The molecule has 1 aromatic carbocycles. The van der Waals surface area contributed by atoms with Crippen LogP contribution in [-0.4, -0.2) is 18.9 Å². The van der Waals surface area contributed by atoms with Gasteiger partial charge in [0.1, 0.15) is 5.82 Å². The zero-order valence-corrected chi connectivity index (χ0v) is 6.96. The monoisotopic (exact) mass is 180 g/mol. The van der Waals surface area contributed by atoms with Gasteiger partial charge in [0.25, 0.3) is 0 Å². The Kier molecular flexibility index (Phi) is 2.23. The van der Waals surface area contributed by atoms with E-state index in [4.69, 9.17) is 4.74 Å². The topological polar surface area (TPSA) is 33.6 Å². The van der Waals surface area contributed by atoms with E-state index in [0.29, 0.717) is 13.2 Å². The van der Waals surface area contributed by atoms with Gasteiger partial charge in [0.05, 0.1) is 24.6 Å². The van der Waals surface area contributed by atoms with Gasteiger partial charge in [0.2, 0.25) is 0 Å². The molecule has 1 N–H and O–H groups in total. The van der Waals surface area contributed by atoms with Gasteiger partial charge in [0, 0.05) is 0 Å². The van der Waals surface area contributed by atoms with Gasteiger partial charge in [-0.1, -0.05) is 0 Å². The standard InChI is InChI=1S/C9H9FN2O/c10-7-1-3-8(4-2-7)11-12-9-5-13-6-9/h1-4,11H,5-6H2. The highest BCUT2D eigenvalue weighted by Crippen LogP contribution is 2.08. The zero-order valence-electron chi connectivity index (χ0n) is 6.96. The first-order chi connectivity index (χ1) is 6.34. The van der Waals surface area contributed by atoms with Crippen molar-refractivity contribution in [3.63, 3.8) is 0 Å². The Morgan fingerprint density at radius 2 is 1.92 bits per heavy atom. The predicted molar refractivity (Wildman–Crippen MR) is 48.3 cm³/mol. The van der Waals surface area contributed by atoms with Crippen LogP contribution >= 0.6 is 0 Å². The molecule has 68 valence electrons. The number of nitrogens with zero attached hydrogens (tertiary/aromatic N) is 1. The molecule has 0 radical (unpaired) electrons. The van der Waals surface area contributed by atoms with E-state index in [1.54, 1.807) is 12.1 Å². The Balaban J connectivity index is 1.97. The van der Waals surface area contributed by atoms with Crippen molar-refractivity contribution in [3.8, 4) is 0 Å². The first kappa shape index (κ1) is 8.19. The molecule has 1 fully saturated rings. The fraction of sp³-hybridized carbons (Fsp3) is 0.222. The van der Waals surface area contributed by atoms with Gasteiger partial charge in [-0.05, 0) is 24.3 Å². The predicted octanol–water partition coefficient (Wildman–Crippen LogP) is 1.62. The summed E-state index contributed by atoms with van der Waals surface area (Å²) in [7, 11) is 0. The third-order valence-corrected chi connectivity index (χ3v) is 1.72. The zero-order chi connectivity index (χ0) is 9.10. The average molecular weight is 180 g/mol. The van der Waals surface area contributed by atoms with Gasteiger partial charge in [-0.25, -0.2) is 4.39 Å². The fourth-order valence-corrected chi connectivity index (χ4v) is 0.926. The van der Waals surface area contributed by atoms with Crippen LogP contribution in [0.2, 0.25) is 0 Å². The normalized spacial score (nSPS) is 15.0. The molecule has 0 saturated carbocycles. The van der Waals surface area contributed by atoms with Crippen LogP contribution in [0.3, 0.4) is 0 Å². The molecular weight excluding hydrogens is 171 g/mol. The van der Waals surface area contributed by atoms with Crippen LogP contribution < -0.4 is 5.43 Å². The molecule has 0 amide bonds. The average Bonchev–Trinajstić information content (AvgIpc) is 2.05. The second kappa shape index (κ2) is 3.53. The maximum atomic E-state index is 12.5. The summed E-state index contributed by atoms with van der Waals surface area (Å²) >= 11 is 0. The molecule has 0 bridgehead atoms. The SMILES string of the molecule is Fc1ccc(NN=C2COC2)cc1. The lowest BCUT2D eigenvalue weighted by atomic mass is 10.3. The number of rotatable bonds is 2. The lowest BCUT2D eigenvalue weighted by molar-refractivity contribution is 0.159. The van der Waals surface area contributed by atoms with Gasteiger partial charge in [0.15, 0.2) is 0 Å². The number of hydrogen-bond donors (Lipinski definition) is 1. The number of anilines is 1. The van der Waals surface area contributed by atoms with Crippen molar-refractivity contribution in [2.45, 2.75) is 0 Å². The Hall–Kier alpha value is -1.42. The number of hydrogen-bond acceptors (Lipinski definition) is 3. The fourth-order valence-electron chi connectivity index (χ4n) is 0.926. The van der Waals surface area contributed by atoms with Crippen LogP contribution in [0, 0.1) is 5.82 Å². The van der Waals surface area contributed by atoms with Crippen LogP contribution in [0.5, 0.6) is 0 Å². The van der Waals surface area contributed by atoms with Gasteiger partial charge in [-0.3, -0.25) is 5.43 Å². The van der Waals surface area contributed by atoms with E-state index < -0.39 is 0 Å². The molecule has 1 saturated heterocycles. The molecule has 13 heavy (non-hydrogen) atoms. The highest BCUT2D eigenvalue weighted by molar-refractivity contribution is 5.91. The molecule has 4 heteroatoms. The molecule has 0 atom stereocenters. The van der Waals surface area contributed by atoms with Crippen LogP contribution in [0.1, 0.15) is 0 Å². The summed E-state index contributed by atoms with van der Waals surface area (Å²) in [5, 5.41) is 4.05. The van der Waals surface area contributed by atoms with Crippen molar-refractivity contribution in [1.82, 2.24) is 0 Å². The summed E-state index contributed by atoms with van der Waals surface area (Å²) in [6.07, 6.45) is 0. The largest absolute Gasteiger partial charge is 0.369 e. The molecule has 0 unspecified atom stereocenters. The van der Waals surface area contributed by atoms with Gasteiger partial charge in [-0.2, -0.15) is 5.10 Å². The number of nitrogens with one attached hydrogen (secondary N) is 1. The molecule has 0 spiro atoms. The maximum absolute atomic E-state index is 12.5. The Bertz CT molecular complexity index is 315. The number of ether oxygens (including phenoxy) is 1.